The zero-order valence-electron chi connectivity index (χ0n) is 7.54. The summed E-state index contributed by atoms with van der Waals surface area (Å²) in [5, 5.41) is 13.0. The van der Waals surface area contributed by atoms with E-state index in [1.807, 2.05) is 0 Å². The molecule has 2 aromatic heterocycles. The molecule has 0 unspecified atom stereocenters. The Morgan fingerprint density at radius 3 is 3.00 bits per heavy atom. The Morgan fingerprint density at radius 1 is 1.53 bits per heavy atom. The fourth-order valence-electron chi connectivity index (χ4n) is 0.968. The Morgan fingerprint density at radius 2 is 2.40 bits per heavy atom. The standard InChI is InChI=1S/C7H8N4O2S2/c12-15(13,7-1-2-14-5-7)9-4-6-3-8-11-10-6/h1-3,5,9H,4H2,(H,8,10,11). The molecule has 6 nitrogen and oxygen atoms in total. The summed E-state index contributed by atoms with van der Waals surface area (Å²) in [6.07, 6.45) is 1.47. The van der Waals surface area contributed by atoms with Gasteiger partial charge in [0.05, 0.1) is 23.3 Å². The van der Waals surface area contributed by atoms with Crippen molar-refractivity contribution in [3.05, 3.63) is 28.7 Å². The van der Waals surface area contributed by atoms with Gasteiger partial charge in [-0.1, -0.05) is 0 Å². The largest absolute Gasteiger partial charge is 0.241 e. The highest BCUT2D eigenvalue weighted by Gasteiger charge is 2.14. The van der Waals surface area contributed by atoms with E-state index in [2.05, 4.69) is 20.1 Å². The Kier molecular flexibility index (Phi) is 2.80. The lowest BCUT2D eigenvalue weighted by Gasteiger charge is -2.01. The summed E-state index contributed by atoms with van der Waals surface area (Å²) in [7, 11) is -3.41. The van der Waals surface area contributed by atoms with Crippen LogP contribution in [-0.2, 0) is 16.6 Å². The molecule has 15 heavy (non-hydrogen) atoms. The van der Waals surface area contributed by atoms with Gasteiger partial charge in [0.1, 0.15) is 0 Å². The average molecular weight is 244 g/mol. The van der Waals surface area contributed by atoms with Gasteiger partial charge in [0.15, 0.2) is 0 Å². The molecule has 0 atom stereocenters. The van der Waals surface area contributed by atoms with E-state index in [9.17, 15) is 8.42 Å². The second kappa shape index (κ2) is 4.09. The highest BCUT2D eigenvalue weighted by molar-refractivity contribution is 7.89. The van der Waals surface area contributed by atoms with Crippen LogP contribution >= 0.6 is 11.3 Å². The second-order valence-corrected chi connectivity index (χ2v) is 5.29. The van der Waals surface area contributed by atoms with Gasteiger partial charge in [-0.05, 0) is 11.4 Å². The van der Waals surface area contributed by atoms with Crippen molar-refractivity contribution < 1.29 is 8.42 Å². The highest BCUT2D eigenvalue weighted by Crippen LogP contribution is 2.12. The molecule has 0 bridgehead atoms. The molecule has 0 spiro atoms. The SMILES string of the molecule is O=S(=O)(NCc1cn[nH]n1)c1ccsc1. The highest BCUT2D eigenvalue weighted by atomic mass is 32.2. The van der Waals surface area contributed by atoms with E-state index >= 15 is 0 Å². The lowest BCUT2D eigenvalue weighted by molar-refractivity contribution is 0.580. The Labute approximate surface area is 90.4 Å². The van der Waals surface area contributed by atoms with Crippen LogP contribution in [0.5, 0.6) is 0 Å². The zero-order valence-corrected chi connectivity index (χ0v) is 9.18. The fourth-order valence-corrected chi connectivity index (χ4v) is 3.00. The first kappa shape index (κ1) is 10.3. The molecule has 0 aromatic carbocycles. The number of hydrogen-bond acceptors (Lipinski definition) is 5. The molecule has 0 saturated heterocycles. The molecule has 2 rings (SSSR count). The maximum Gasteiger partial charge on any atom is 0.241 e. The summed E-state index contributed by atoms with van der Waals surface area (Å²) in [5.74, 6) is 0. The number of thiophene rings is 1. The van der Waals surface area contributed by atoms with Crippen LogP contribution in [0.25, 0.3) is 0 Å². The van der Waals surface area contributed by atoms with E-state index in [0.29, 0.717) is 5.69 Å². The first-order chi connectivity index (χ1) is 7.18. The van der Waals surface area contributed by atoms with Crippen LogP contribution in [-0.4, -0.2) is 23.8 Å². The topological polar surface area (TPSA) is 87.7 Å². The summed E-state index contributed by atoms with van der Waals surface area (Å²) >= 11 is 1.34. The zero-order chi connectivity index (χ0) is 10.7. The maximum atomic E-state index is 11.6. The third-order valence-electron chi connectivity index (χ3n) is 1.71. The minimum atomic E-state index is -3.41. The Hall–Kier alpha value is -1.25. The summed E-state index contributed by atoms with van der Waals surface area (Å²) in [4.78, 5) is 0.274. The summed E-state index contributed by atoms with van der Waals surface area (Å²) in [6.45, 7) is 0.134. The minimum absolute atomic E-state index is 0.134. The second-order valence-electron chi connectivity index (χ2n) is 2.74. The summed E-state index contributed by atoms with van der Waals surface area (Å²) in [6, 6.07) is 1.55. The fraction of sp³-hybridized carbons (Fsp3) is 0.143. The molecule has 0 fully saturated rings. The molecule has 2 N–H and O–H groups in total. The number of rotatable bonds is 4. The Balaban J connectivity index is 2.06. The van der Waals surface area contributed by atoms with Crippen LogP contribution in [0.4, 0.5) is 0 Å². The van der Waals surface area contributed by atoms with E-state index < -0.39 is 10.0 Å². The number of H-pyrrole nitrogens is 1. The molecule has 2 aromatic rings. The predicted molar refractivity (Wildman–Crippen MR) is 54.7 cm³/mol. The van der Waals surface area contributed by atoms with E-state index in [-0.39, 0.29) is 11.4 Å². The maximum absolute atomic E-state index is 11.6. The third-order valence-corrected chi connectivity index (χ3v) is 3.94. The molecule has 2 heterocycles. The van der Waals surface area contributed by atoms with Gasteiger partial charge < -0.3 is 0 Å². The van der Waals surface area contributed by atoms with Crippen LogP contribution in [0.1, 0.15) is 5.69 Å². The van der Waals surface area contributed by atoms with Crippen molar-refractivity contribution in [2.45, 2.75) is 11.4 Å². The van der Waals surface area contributed by atoms with Crippen LogP contribution in [0.3, 0.4) is 0 Å². The van der Waals surface area contributed by atoms with Crippen LogP contribution in [0.2, 0.25) is 0 Å². The quantitative estimate of drug-likeness (QED) is 0.812. The Bertz CT molecular complexity index is 503. The van der Waals surface area contributed by atoms with Gasteiger partial charge in [0, 0.05) is 5.38 Å². The van der Waals surface area contributed by atoms with Crippen LogP contribution in [0, 0.1) is 0 Å². The van der Waals surface area contributed by atoms with Crippen molar-refractivity contribution in [2.75, 3.05) is 0 Å². The third kappa shape index (κ3) is 2.41. The lowest BCUT2D eigenvalue weighted by atomic mass is 10.5. The number of hydrogen-bond donors (Lipinski definition) is 2. The van der Waals surface area contributed by atoms with Crippen LogP contribution < -0.4 is 4.72 Å². The molecule has 0 aliphatic heterocycles. The molecular formula is C7H8N4O2S2. The minimum Gasteiger partial charge on any atom is -0.207 e. The monoisotopic (exact) mass is 244 g/mol. The number of nitrogens with zero attached hydrogens (tertiary/aromatic N) is 2. The van der Waals surface area contributed by atoms with Gasteiger partial charge in [-0.25, -0.2) is 13.1 Å². The molecule has 0 radical (unpaired) electrons. The van der Waals surface area contributed by atoms with Crippen molar-refractivity contribution in [1.29, 1.82) is 0 Å². The van der Waals surface area contributed by atoms with E-state index in [4.69, 9.17) is 0 Å². The van der Waals surface area contributed by atoms with Crippen LogP contribution in [0.15, 0.2) is 27.9 Å². The molecule has 80 valence electrons. The van der Waals surface area contributed by atoms with Crippen molar-refractivity contribution in [1.82, 2.24) is 20.1 Å². The summed E-state index contributed by atoms with van der Waals surface area (Å²) in [5.41, 5.74) is 0.550. The smallest absolute Gasteiger partial charge is 0.207 e. The van der Waals surface area contributed by atoms with Gasteiger partial charge in [0.25, 0.3) is 0 Å². The van der Waals surface area contributed by atoms with Crippen molar-refractivity contribution in [3.8, 4) is 0 Å². The van der Waals surface area contributed by atoms with Gasteiger partial charge in [-0.2, -0.15) is 26.7 Å². The number of sulfonamides is 1. The van der Waals surface area contributed by atoms with E-state index in [1.165, 1.54) is 17.5 Å². The molecule has 0 amide bonds. The van der Waals surface area contributed by atoms with Gasteiger partial charge in [0.2, 0.25) is 10.0 Å². The molecule has 0 saturated carbocycles. The number of aromatic nitrogens is 3. The van der Waals surface area contributed by atoms with Crippen molar-refractivity contribution in [2.24, 2.45) is 0 Å². The number of nitrogens with one attached hydrogen (secondary N) is 2. The average Bonchev–Trinajstić information content (AvgIpc) is 2.88. The van der Waals surface area contributed by atoms with Crippen molar-refractivity contribution in [3.63, 3.8) is 0 Å². The van der Waals surface area contributed by atoms with E-state index in [1.54, 1.807) is 16.8 Å². The predicted octanol–water partition coefficient (Wildman–Crippen LogP) is 0.345. The number of aromatic amines is 1. The van der Waals surface area contributed by atoms with Gasteiger partial charge in [-0.3, -0.25) is 0 Å². The lowest BCUT2D eigenvalue weighted by Crippen LogP contribution is -2.22. The molecular weight excluding hydrogens is 236 g/mol. The first-order valence-corrected chi connectivity index (χ1v) is 6.47. The normalized spacial score (nSPS) is 11.7. The van der Waals surface area contributed by atoms with Crippen molar-refractivity contribution >= 4 is 21.4 Å². The molecule has 0 aliphatic rings. The first-order valence-electron chi connectivity index (χ1n) is 4.05. The molecule has 8 heteroatoms. The van der Waals surface area contributed by atoms with Gasteiger partial charge in [-0.15, -0.1) is 0 Å². The summed E-state index contributed by atoms with van der Waals surface area (Å²) < 4.78 is 25.7. The molecule has 0 aliphatic carbocycles. The van der Waals surface area contributed by atoms with E-state index in [0.717, 1.165) is 0 Å². The van der Waals surface area contributed by atoms with Gasteiger partial charge >= 0.3 is 0 Å².